The average Bonchev–Trinajstić information content (AvgIpc) is 2.51. The standard InChI is InChI=1S/C17H18FNO2/c1-19(12-14-10-6-7-11-15(14)18)17(20)16(21-2)13-8-4-3-5-9-13/h3-11,16H,12H2,1-2H3. The molecule has 2 rings (SSSR count). The monoisotopic (exact) mass is 287 g/mol. The van der Waals surface area contributed by atoms with E-state index >= 15 is 0 Å². The van der Waals surface area contributed by atoms with Gasteiger partial charge in [-0.15, -0.1) is 0 Å². The molecule has 1 atom stereocenters. The number of hydrogen-bond acceptors (Lipinski definition) is 2. The molecule has 0 N–H and O–H groups in total. The summed E-state index contributed by atoms with van der Waals surface area (Å²) in [7, 11) is 3.14. The average molecular weight is 287 g/mol. The van der Waals surface area contributed by atoms with Crippen molar-refractivity contribution in [3.05, 3.63) is 71.5 Å². The van der Waals surface area contributed by atoms with Gasteiger partial charge in [-0.25, -0.2) is 4.39 Å². The second-order valence-corrected chi connectivity index (χ2v) is 4.81. The number of carbonyl (C=O) groups is 1. The van der Waals surface area contributed by atoms with Crippen LogP contribution in [0.25, 0.3) is 0 Å². The Labute approximate surface area is 124 Å². The molecule has 0 aliphatic carbocycles. The van der Waals surface area contributed by atoms with E-state index in [9.17, 15) is 9.18 Å². The van der Waals surface area contributed by atoms with Crippen LogP contribution < -0.4 is 0 Å². The summed E-state index contributed by atoms with van der Waals surface area (Å²) in [4.78, 5) is 13.9. The number of ether oxygens (including phenoxy) is 1. The van der Waals surface area contributed by atoms with Gasteiger partial charge in [0.05, 0.1) is 0 Å². The SMILES string of the molecule is COC(C(=O)N(C)Cc1ccccc1F)c1ccccc1. The predicted molar refractivity (Wildman–Crippen MR) is 79.1 cm³/mol. The van der Waals surface area contributed by atoms with Gasteiger partial charge >= 0.3 is 0 Å². The lowest BCUT2D eigenvalue weighted by Gasteiger charge is -2.23. The lowest BCUT2D eigenvalue weighted by molar-refractivity contribution is -0.141. The Bertz CT molecular complexity index is 601. The van der Waals surface area contributed by atoms with Crippen molar-refractivity contribution < 1.29 is 13.9 Å². The van der Waals surface area contributed by atoms with E-state index in [1.165, 1.54) is 18.1 Å². The Balaban J connectivity index is 2.13. The Kier molecular flexibility index (Phi) is 5.06. The number of carbonyl (C=O) groups excluding carboxylic acids is 1. The van der Waals surface area contributed by atoms with Crippen LogP contribution in [0.1, 0.15) is 17.2 Å². The van der Waals surface area contributed by atoms with Crippen molar-refractivity contribution in [3.8, 4) is 0 Å². The van der Waals surface area contributed by atoms with Crippen LogP contribution in [-0.4, -0.2) is 25.0 Å². The maximum Gasteiger partial charge on any atom is 0.256 e. The summed E-state index contributed by atoms with van der Waals surface area (Å²) in [6, 6.07) is 15.7. The molecule has 4 heteroatoms. The third-order valence-electron chi connectivity index (χ3n) is 3.30. The van der Waals surface area contributed by atoms with Gasteiger partial charge in [-0.1, -0.05) is 48.5 Å². The van der Waals surface area contributed by atoms with Crippen LogP contribution >= 0.6 is 0 Å². The highest BCUT2D eigenvalue weighted by molar-refractivity contribution is 5.82. The van der Waals surface area contributed by atoms with Gasteiger partial charge < -0.3 is 9.64 Å². The van der Waals surface area contributed by atoms with Crippen molar-refractivity contribution >= 4 is 5.91 Å². The first-order valence-corrected chi connectivity index (χ1v) is 6.69. The molecule has 0 aliphatic heterocycles. The van der Waals surface area contributed by atoms with E-state index in [-0.39, 0.29) is 18.3 Å². The van der Waals surface area contributed by atoms with Gasteiger partial charge in [-0.2, -0.15) is 0 Å². The first kappa shape index (κ1) is 15.2. The fourth-order valence-corrected chi connectivity index (χ4v) is 2.17. The largest absolute Gasteiger partial charge is 0.367 e. The minimum atomic E-state index is -0.678. The van der Waals surface area contributed by atoms with Crippen LogP contribution in [0.5, 0.6) is 0 Å². The minimum absolute atomic E-state index is 0.202. The number of likely N-dealkylation sites (N-methyl/N-ethyl adjacent to an activating group) is 1. The number of nitrogens with zero attached hydrogens (tertiary/aromatic N) is 1. The fraction of sp³-hybridized carbons (Fsp3) is 0.235. The van der Waals surface area contributed by atoms with Crippen molar-refractivity contribution in [2.24, 2.45) is 0 Å². The highest BCUT2D eigenvalue weighted by atomic mass is 19.1. The molecule has 2 aromatic rings. The maximum atomic E-state index is 13.7. The van der Waals surface area contributed by atoms with Crippen molar-refractivity contribution in [3.63, 3.8) is 0 Å². The van der Waals surface area contributed by atoms with Crippen LogP contribution in [0.4, 0.5) is 4.39 Å². The first-order valence-electron chi connectivity index (χ1n) is 6.69. The first-order chi connectivity index (χ1) is 10.1. The third kappa shape index (κ3) is 3.67. The van der Waals surface area contributed by atoms with Crippen molar-refractivity contribution in [1.29, 1.82) is 0 Å². The molecule has 0 saturated carbocycles. The second-order valence-electron chi connectivity index (χ2n) is 4.81. The third-order valence-corrected chi connectivity index (χ3v) is 3.30. The molecule has 0 aromatic heterocycles. The highest BCUT2D eigenvalue weighted by Crippen LogP contribution is 2.20. The summed E-state index contributed by atoms with van der Waals surface area (Å²) in [6.07, 6.45) is -0.678. The summed E-state index contributed by atoms with van der Waals surface area (Å²) < 4.78 is 19.0. The van der Waals surface area contributed by atoms with E-state index < -0.39 is 6.10 Å². The summed E-state index contributed by atoms with van der Waals surface area (Å²) in [5.74, 6) is -0.516. The van der Waals surface area contributed by atoms with E-state index in [0.29, 0.717) is 5.56 Å². The number of methoxy groups -OCH3 is 1. The van der Waals surface area contributed by atoms with E-state index in [4.69, 9.17) is 4.74 Å². The second kappa shape index (κ2) is 6.99. The number of rotatable bonds is 5. The Morgan fingerprint density at radius 3 is 2.38 bits per heavy atom. The molecular formula is C17H18FNO2. The van der Waals surface area contributed by atoms with Crippen molar-refractivity contribution in [2.75, 3.05) is 14.2 Å². The highest BCUT2D eigenvalue weighted by Gasteiger charge is 2.23. The van der Waals surface area contributed by atoms with E-state index in [1.54, 1.807) is 25.2 Å². The molecule has 3 nitrogen and oxygen atoms in total. The Morgan fingerprint density at radius 2 is 1.76 bits per heavy atom. The molecule has 21 heavy (non-hydrogen) atoms. The Hall–Kier alpha value is -2.20. The zero-order valence-corrected chi connectivity index (χ0v) is 12.1. The van der Waals surface area contributed by atoms with Crippen LogP contribution in [-0.2, 0) is 16.1 Å². The molecule has 0 fully saturated rings. The van der Waals surface area contributed by atoms with Crippen molar-refractivity contribution in [2.45, 2.75) is 12.6 Å². The van der Waals surface area contributed by atoms with Gasteiger partial charge in [0.25, 0.3) is 5.91 Å². The van der Waals surface area contributed by atoms with Crippen molar-refractivity contribution in [1.82, 2.24) is 4.90 Å². The Morgan fingerprint density at radius 1 is 1.14 bits per heavy atom. The molecule has 110 valence electrons. The van der Waals surface area contributed by atoms with Crippen LogP contribution in [0.2, 0.25) is 0 Å². The lowest BCUT2D eigenvalue weighted by atomic mass is 10.1. The van der Waals surface area contributed by atoms with Gasteiger partial charge in [0.2, 0.25) is 0 Å². The minimum Gasteiger partial charge on any atom is -0.367 e. The lowest BCUT2D eigenvalue weighted by Crippen LogP contribution is -2.32. The van der Waals surface area contributed by atoms with Gasteiger partial charge in [0.1, 0.15) is 5.82 Å². The van der Waals surface area contributed by atoms with Crippen LogP contribution in [0.3, 0.4) is 0 Å². The number of hydrogen-bond donors (Lipinski definition) is 0. The van der Waals surface area contributed by atoms with Gasteiger partial charge in [0.15, 0.2) is 6.10 Å². The molecular weight excluding hydrogens is 269 g/mol. The number of benzene rings is 2. The van der Waals surface area contributed by atoms with E-state index in [0.717, 1.165) is 5.56 Å². The quantitative estimate of drug-likeness (QED) is 0.845. The maximum absolute atomic E-state index is 13.7. The number of halogens is 1. The fourth-order valence-electron chi connectivity index (χ4n) is 2.17. The molecule has 0 heterocycles. The molecule has 0 bridgehead atoms. The van der Waals surface area contributed by atoms with Crippen LogP contribution in [0, 0.1) is 5.82 Å². The normalized spacial score (nSPS) is 12.0. The topological polar surface area (TPSA) is 29.5 Å². The molecule has 0 spiro atoms. The molecule has 1 amide bonds. The van der Waals surface area contributed by atoms with E-state index in [2.05, 4.69) is 0 Å². The zero-order chi connectivity index (χ0) is 15.2. The summed E-state index contributed by atoms with van der Waals surface area (Å²) in [5, 5.41) is 0. The van der Waals surface area contributed by atoms with Gasteiger partial charge in [-0.3, -0.25) is 4.79 Å². The smallest absolute Gasteiger partial charge is 0.256 e. The number of amides is 1. The molecule has 1 unspecified atom stereocenters. The zero-order valence-electron chi connectivity index (χ0n) is 12.1. The molecule has 0 aliphatic rings. The summed E-state index contributed by atoms with van der Waals surface area (Å²) >= 11 is 0. The summed E-state index contributed by atoms with van der Waals surface area (Å²) in [6.45, 7) is 0.207. The van der Waals surface area contributed by atoms with Gasteiger partial charge in [0, 0.05) is 26.3 Å². The van der Waals surface area contributed by atoms with Crippen LogP contribution in [0.15, 0.2) is 54.6 Å². The molecule has 0 saturated heterocycles. The predicted octanol–water partition coefficient (Wildman–Crippen LogP) is 3.17. The van der Waals surface area contributed by atoms with Gasteiger partial charge in [-0.05, 0) is 11.6 Å². The molecule has 2 aromatic carbocycles. The van der Waals surface area contributed by atoms with E-state index in [1.807, 2.05) is 30.3 Å². The summed E-state index contributed by atoms with van der Waals surface area (Å²) in [5.41, 5.74) is 1.27. The molecule has 0 radical (unpaired) electrons.